The summed E-state index contributed by atoms with van der Waals surface area (Å²) in [5.74, 6) is -0.382. The molecule has 8 nitrogen and oxygen atoms in total. The number of aromatic nitrogens is 3. The third kappa shape index (κ3) is 3.80. The molecule has 0 bridgehead atoms. The lowest BCUT2D eigenvalue weighted by Gasteiger charge is -2.24. The topological polar surface area (TPSA) is 104 Å². The van der Waals surface area contributed by atoms with Gasteiger partial charge in [0.25, 0.3) is 11.8 Å². The number of H-pyrrole nitrogens is 1. The van der Waals surface area contributed by atoms with Crippen molar-refractivity contribution in [2.75, 3.05) is 13.6 Å². The van der Waals surface area contributed by atoms with Gasteiger partial charge in [-0.15, -0.1) is 0 Å². The van der Waals surface area contributed by atoms with Crippen LogP contribution in [0.1, 0.15) is 27.8 Å². The van der Waals surface area contributed by atoms with Gasteiger partial charge < -0.3 is 14.7 Å². The van der Waals surface area contributed by atoms with E-state index in [9.17, 15) is 9.59 Å². The molecule has 134 valence electrons. The summed E-state index contributed by atoms with van der Waals surface area (Å²) in [7, 11) is 1.69. The number of aromatic amines is 1. The van der Waals surface area contributed by atoms with E-state index in [-0.39, 0.29) is 17.9 Å². The summed E-state index contributed by atoms with van der Waals surface area (Å²) < 4.78 is 4.81. The largest absolute Gasteiger partial charge is 0.364 e. The first-order valence-corrected chi connectivity index (χ1v) is 8.12. The van der Waals surface area contributed by atoms with Gasteiger partial charge in [0.1, 0.15) is 17.7 Å². The summed E-state index contributed by atoms with van der Waals surface area (Å²) in [6, 6.07) is 10.3. The van der Waals surface area contributed by atoms with Crippen LogP contribution in [0, 0.1) is 0 Å². The quantitative estimate of drug-likeness (QED) is 0.705. The van der Waals surface area contributed by atoms with E-state index >= 15 is 0 Å². The summed E-state index contributed by atoms with van der Waals surface area (Å²) in [4.78, 5) is 26.1. The first kappa shape index (κ1) is 17.4. The number of carbonyl (C=O) groups is 2. The van der Waals surface area contributed by atoms with Crippen LogP contribution in [-0.2, 0) is 0 Å². The summed E-state index contributed by atoms with van der Waals surface area (Å²) in [5.41, 5.74) is 2.53. The molecule has 0 fully saturated rings. The molecule has 2 N–H and O–H groups in total. The standard InChI is InChI=1S/C18H19N5O3/c1-12(23(2)18(25)16-7-9-20-21-16)11-19-17(24)14-5-3-13(4-6-14)15-8-10-26-22-15/h3-10,12H,11H2,1-2H3,(H,19,24)(H,20,21)/t12-/m0/s1. The number of nitrogens with one attached hydrogen (secondary N) is 2. The van der Waals surface area contributed by atoms with Gasteiger partial charge in [-0.1, -0.05) is 17.3 Å². The average molecular weight is 353 g/mol. The number of likely N-dealkylation sites (N-methyl/N-ethyl adjacent to an activating group) is 1. The SMILES string of the molecule is C[C@@H](CNC(=O)c1ccc(-c2ccon2)cc1)N(C)C(=O)c1ccn[nH]1. The molecule has 0 spiro atoms. The van der Waals surface area contributed by atoms with Crippen molar-refractivity contribution < 1.29 is 14.1 Å². The Hall–Kier alpha value is -3.42. The highest BCUT2D eigenvalue weighted by Gasteiger charge is 2.19. The van der Waals surface area contributed by atoms with E-state index < -0.39 is 0 Å². The Morgan fingerprint density at radius 3 is 2.62 bits per heavy atom. The van der Waals surface area contributed by atoms with Crippen LogP contribution in [0.2, 0.25) is 0 Å². The molecule has 0 saturated heterocycles. The zero-order valence-electron chi connectivity index (χ0n) is 14.5. The lowest BCUT2D eigenvalue weighted by molar-refractivity contribution is 0.0725. The highest BCUT2D eigenvalue weighted by atomic mass is 16.5. The predicted octanol–water partition coefficient (Wildman–Crippen LogP) is 1.96. The van der Waals surface area contributed by atoms with Crippen molar-refractivity contribution in [3.05, 3.63) is 60.1 Å². The molecule has 0 aliphatic rings. The van der Waals surface area contributed by atoms with E-state index in [4.69, 9.17) is 4.52 Å². The molecule has 1 aromatic carbocycles. The second-order valence-electron chi connectivity index (χ2n) is 5.91. The highest BCUT2D eigenvalue weighted by molar-refractivity contribution is 5.95. The summed E-state index contributed by atoms with van der Waals surface area (Å²) in [5, 5.41) is 13.1. The van der Waals surface area contributed by atoms with Crippen LogP contribution in [0.25, 0.3) is 11.3 Å². The number of amides is 2. The van der Waals surface area contributed by atoms with E-state index in [0.717, 1.165) is 5.56 Å². The van der Waals surface area contributed by atoms with Crippen molar-refractivity contribution in [3.8, 4) is 11.3 Å². The molecule has 3 rings (SSSR count). The maximum Gasteiger partial charge on any atom is 0.271 e. The number of benzene rings is 1. The van der Waals surface area contributed by atoms with Crippen LogP contribution in [-0.4, -0.2) is 51.7 Å². The van der Waals surface area contributed by atoms with Gasteiger partial charge in [-0.3, -0.25) is 14.7 Å². The van der Waals surface area contributed by atoms with Crippen LogP contribution in [0.5, 0.6) is 0 Å². The Morgan fingerprint density at radius 1 is 1.23 bits per heavy atom. The van der Waals surface area contributed by atoms with Gasteiger partial charge in [-0.2, -0.15) is 5.10 Å². The first-order valence-electron chi connectivity index (χ1n) is 8.12. The molecular weight excluding hydrogens is 334 g/mol. The number of hydrogen-bond donors (Lipinski definition) is 2. The van der Waals surface area contributed by atoms with Gasteiger partial charge in [0, 0.05) is 43.0 Å². The Morgan fingerprint density at radius 2 is 2.00 bits per heavy atom. The molecule has 0 aliphatic carbocycles. The van der Waals surface area contributed by atoms with Crippen molar-refractivity contribution in [2.45, 2.75) is 13.0 Å². The molecule has 0 radical (unpaired) electrons. The van der Waals surface area contributed by atoms with Gasteiger partial charge in [0.2, 0.25) is 0 Å². The smallest absolute Gasteiger partial charge is 0.271 e. The molecular formula is C18H19N5O3. The number of rotatable bonds is 6. The molecule has 2 aromatic heterocycles. The van der Waals surface area contributed by atoms with Crippen LogP contribution in [0.4, 0.5) is 0 Å². The lowest BCUT2D eigenvalue weighted by atomic mass is 10.1. The summed E-state index contributed by atoms with van der Waals surface area (Å²) in [6.45, 7) is 2.20. The molecule has 26 heavy (non-hydrogen) atoms. The third-order valence-corrected chi connectivity index (χ3v) is 4.15. The minimum Gasteiger partial charge on any atom is -0.364 e. The van der Waals surface area contributed by atoms with E-state index in [1.807, 2.05) is 19.1 Å². The maximum atomic E-state index is 12.3. The van der Waals surface area contributed by atoms with Gasteiger partial charge in [0.05, 0.1) is 0 Å². The fraction of sp³-hybridized carbons (Fsp3) is 0.222. The number of nitrogens with zero attached hydrogens (tertiary/aromatic N) is 3. The molecule has 0 aliphatic heterocycles. The third-order valence-electron chi connectivity index (χ3n) is 4.15. The van der Waals surface area contributed by atoms with E-state index in [1.165, 1.54) is 12.5 Å². The van der Waals surface area contributed by atoms with Crippen molar-refractivity contribution in [1.29, 1.82) is 0 Å². The van der Waals surface area contributed by atoms with Crippen LogP contribution in [0.3, 0.4) is 0 Å². The molecule has 0 unspecified atom stereocenters. The minimum atomic E-state index is -0.203. The fourth-order valence-corrected chi connectivity index (χ4v) is 2.40. The highest BCUT2D eigenvalue weighted by Crippen LogP contribution is 2.17. The molecule has 8 heteroatoms. The first-order chi connectivity index (χ1) is 12.6. The number of hydrogen-bond acceptors (Lipinski definition) is 5. The number of carbonyl (C=O) groups excluding carboxylic acids is 2. The molecule has 1 atom stereocenters. The predicted molar refractivity (Wildman–Crippen MR) is 94.4 cm³/mol. The molecule has 2 amide bonds. The second-order valence-corrected chi connectivity index (χ2v) is 5.91. The summed E-state index contributed by atoms with van der Waals surface area (Å²) >= 11 is 0. The Kier molecular flexibility index (Phi) is 5.12. The molecule has 3 aromatic rings. The van der Waals surface area contributed by atoms with Gasteiger partial charge in [-0.05, 0) is 25.1 Å². The van der Waals surface area contributed by atoms with Crippen LogP contribution >= 0.6 is 0 Å². The van der Waals surface area contributed by atoms with Gasteiger partial charge in [0.15, 0.2) is 0 Å². The molecule has 0 saturated carbocycles. The van der Waals surface area contributed by atoms with Gasteiger partial charge >= 0.3 is 0 Å². The van der Waals surface area contributed by atoms with E-state index in [1.54, 1.807) is 36.2 Å². The second kappa shape index (κ2) is 7.64. The zero-order valence-corrected chi connectivity index (χ0v) is 14.5. The van der Waals surface area contributed by atoms with Crippen molar-refractivity contribution in [3.63, 3.8) is 0 Å². The normalized spacial score (nSPS) is 11.8. The van der Waals surface area contributed by atoms with E-state index in [0.29, 0.717) is 23.5 Å². The average Bonchev–Trinajstić information content (AvgIpc) is 3.38. The Labute approximate surface area is 150 Å². The fourth-order valence-electron chi connectivity index (χ4n) is 2.40. The maximum absolute atomic E-state index is 12.3. The Bertz CT molecular complexity index is 857. The monoisotopic (exact) mass is 353 g/mol. The minimum absolute atomic E-state index is 0.177. The van der Waals surface area contributed by atoms with Crippen molar-refractivity contribution in [2.24, 2.45) is 0 Å². The van der Waals surface area contributed by atoms with Crippen molar-refractivity contribution >= 4 is 11.8 Å². The lowest BCUT2D eigenvalue weighted by Crippen LogP contribution is -2.43. The summed E-state index contributed by atoms with van der Waals surface area (Å²) in [6.07, 6.45) is 3.02. The van der Waals surface area contributed by atoms with Gasteiger partial charge in [-0.25, -0.2) is 0 Å². The van der Waals surface area contributed by atoms with E-state index in [2.05, 4.69) is 20.7 Å². The van der Waals surface area contributed by atoms with Crippen molar-refractivity contribution in [1.82, 2.24) is 25.6 Å². The zero-order chi connectivity index (χ0) is 18.5. The Balaban J connectivity index is 1.55. The molecule has 2 heterocycles. The van der Waals surface area contributed by atoms with Crippen LogP contribution in [0.15, 0.2) is 53.4 Å². The van der Waals surface area contributed by atoms with Crippen LogP contribution < -0.4 is 5.32 Å².